The van der Waals surface area contributed by atoms with E-state index in [1.54, 1.807) is 0 Å². The van der Waals surface area contributed by atoms with Crippen LogP contribution in [0.15, 0.2) is 30.3 Å². The number of hydrogen-bond acceptors (Lipinski definition) is 4. The van der Waals surface area contributed by atoms with Crippen LogP contribution in [0.3, 0.4) is 0 Å². The third kappa shape index (κ3) is 2.69. The van der Waals surface area contributed by atoms with Crippen LogP contribution in [0, 0.1) is 0 Å². The number of aldehydes is 1. The van der Waals surface area contributed by atoms with Crippen LogP contribution in [-0.2, 0) is 6.18 Å². The van der Waals surface area contributed by atoms with Gasteiger partial charge in [0.2, 0.25) is 5.75 Å². The number of ether oxygens (including phenoxy) is 1. The van der Waals surface area contributed by atoms with Gasteiger partial charge in [-0.25, -0.2) is 0 Å². The molecule has 0 aliphatic heterocycles. The maximum Gasteiger partial charge on any atom is 0.416 e. The Labute approximate surface area is 123 Å². The van der Waals surface area contributed by atoms with Crippen molar-refractivity contribution >= 4 is 6.29 Å². The second-order valence-corrected chi connectivity index (χ2v) is 4.43. The van der Waals surface area contributed by atoms with Crippen molar-refractivity contribution in [3.63, 3.8) is 0 Å². The second kappa shape index (κ2) is 5.59. The predicted molar refractivity (Wildman–Crippen MR) is 72.1 cm³/mol. The first-order valence-electron chi connectivity index (χ1n) is 6.05. The molecule has 2 aromatic rings. The number of rotatable bonds is 3. The van der Waals surface area contributed by atoms with E-state index < -0.39 is 23.2 Å². The van der Waals surface area contributed by atoms with Crippen molar-refractivity contribution in [2.24, 2.45) is 0 Å². The fourth-order valence-corrected chi connectivity index (χ4v) is 2.00. The molecule has 0 unspecified atom stereocenters. The largest absolute Gasteiger partial charge is 0.504 e. The molecule has 0 saturated carbocycles. The molecule has 0 bridgehead atoms. The van der Waals surface area contributed by atoms with E-state index in [0.717, 1.165) is 12.1 Å². The minimum absolute atomic E-state index is 0.0991. The molecule has 116 valence electrons. The van der Waals surface area contributed by atoms with E-state index >= 15 is 0 Å². The average molecular weight is 312 g/mol. The minimum Gasteiger partial charge on any atom is -0.504 e. The standard InChI is InChI=1S/C15H11F3O4/c1-22-12-6-10(11(7-19)13(20)14(12)21)8-2-4-9(5-3-8)15(16,17)18/h2-7,20-21H,1H3. The third-order valence-electron chi connectivity index (χ3n) is 3.14. The number of aromatic hydroxyl groups is 2. The Hall–Kier alpha value is -2.70. The Morgan fingerprint density at radius 2 is 1.68 bits per heavy atom. The number of halogens is 3. The van der Waals surface area contributed by atoms with Gasteiger partial charge in [0.25, 0.3) is 0 Å². The van der Waals surface area contributed by atoms with Gasteiger partial charge in [-0.2, -0.15) is 13.2 Å². The first-order chi connectivity index (χ1) is 10.3. The van der Waals surface area contributed by atoms with Gasteiger partial charge >= 0.3 is 6.18 Å². The number of methoxy groups -OCH3 is 1. The van der Waals surface area contributed by atoms with Crippen LogP contribution < -0.4 is 4.74 Å². The Balaban J connectivity index is 2.61. The SMILES string of the molecule is COc1cc(-c2ccc(C(F)(F)F)cc2)c(C=O)c(O)c1O. The number of benzene rings is 2. The summed E-state index contributed by atoms with van der Waals surface area (Å²) >= 11 is 0. The maximum absolute atomic E-state index is 12.6. The van der Waals surface area contributed by atoms with E-state index in [4.69, 9.17) is 4.74 Å². The van der Waals surface area contributed by atoms with Crippen LogP contribution in [0.4, 0.5) is 13.2 Å². The summed E-state index contributed by atoms with van der Waals surface area (Å²) in [5.41, 5.74) is -0.656. The quantitative estimate of drug-likeness (QED) is 0.671. The van der Waals surface area contributed by atoms with Gasteiger partial charge in [0.15, 0.2) is 17.8 Å². The normalized spacial score (nSPS) is 11.3. The van der Waals surface area contributed by atoms with Crippen molar-refractivity contribution in [1.82, 2.24) is 0 Å². The molecule has 0 aliphatic rings. The minimum atomic E-state index is -4.47. The number of phenolic OH excluding ortho intramolecular Hbond substituents is 2. The molecule has 0 spiro atoms. The summed E-state index contributed by atoms with van der Waals surface area (Å²) in [6.07, 6.45) is -4.16. The van der Waals surface area contributed by atoms with Gasteiger partial charge in [-0.3, -0.25) is 4.79 Å². The fraction of sp³-hybridized carbons (Fsp3) is 0.133. The second-order valence-electron chi connectivity index (χ2n) is 4.43. The molecule has 22 heavy (non-hydrogen) atoms. The fourth-order valence-electron chi connectivity index (χ4n) is 2.00. The summed E-state index contributed by atoms with van der Waals surface area (Å²) < 4.78 is 42.5. The number of alkyl halides is 3. The lowest BCUT2D eigenvalue weighted by Gasteiger charge is -2.13. The zero-order valence-corrected chi connectivity index (χ0v) is 11.3. The molecule has 0 aliphatic carbocycles. The van der Waals surface area contributed by atoms with Crippen molar-refractivity contribution in [1.29, 1.82) is 0 Å². The van der Waals surface area contributed by atoms with Crippen LogP contribution in [-0.4, -0.2) is 23.6 Å². The number of hydrogen-bond donors (Lipinski definition) is 2. The van der Waals surface area contributed by atoms with Gasteiger partial charge in [0.1, 0.15) is 0 Å². The lowest BCUT2D eigenvalue weighted by molar-refractivity contribution is -0.137. The van der Waals surface area contributed by atoms with Crippen LogP contribution in [0.5, 0.6) is 17.2 Å². The molecular weight excluding hydrogens is 301 g/mol. The molecule has 2 rings (SSSR count). The Kier molecular flexibility index (Phi) is 3.99. The summed E-state index contributed by atoms with van der Waals surface area (Å²) in [6, 6.07) is 5.32. The molecule has 4 nitrogen and oxygen atoms in total. The monoisotopic (exact) mass is 312 g/mol. The first-order valence-corrected chi connectivity index (χ1v) is 6.05. The number of carbonyl (C=O) groups excluding carboxylic acids is 1. The van der Waals surface area contributed by atoms with Crippen molar-refractivity contribution in [2.75, 3.05) is 7.11 Å². The van der Waals surface area contributed by atoms with Gasteiger partial charge in [-0.05, 0) is 29.3 Å². The average Bonchev–Trinajstić information content (AvgIpc) is 2.49. The van der Waals surface area contributed by atoms with Crippen LogP contribution >= 0.6 is 0 Å². The highest BCUT2D eigenvalue weighted by molar-refractivity contribution is 5.93. The van der Waals surface area contributed by atoms with Crippen LogP contribution in [0.25, 0.3) is 11.1 Å². The van der Waals surface area contributed by atoms with Gasteiger partial charge in [0, 0.05) is 0 Å². The Morgan fingerprint density at radius 3 is 2.14 bits per heavy atom. The highest BCUT2D eigenvalue weighted by Crippen LogP contribution is 2.43. The lowest BCUT2D eigenvalue weighted by Crippen LogP contribution is -2.04. The van der Waals surface area contributed by atoms with Gasteiger partial charge < -0.3 is 14.9 Å². The number of carbonyl (C=O) groups is 1. The van der Waals surface area contributed by atoms with Crippen molar-refractivity contribution in [3.8, 4) is 28.4 Å². The zero-order chi connectivity index (χ0) is 16.5. The lowest BCUT2D eigenvalue weighted by atomic mass is 9.97. The van der Waals surface area contributed by atoms with E-state index in [9.17, 15) is 28.2 Å². The Morgan fingerprint density at radius 1 is 1.09 bits per heavy atom. The Bertz CT molecular complexity index is 706. The third-order valence-corrected chi connectivity index (χ3v) is 3.14. The molecule has 0 fully saturated rings. The zero-order valence-electron chi connectivity index (χ0n) is 11.3. The summed E-state index contributed by atoms with van der Waals surface area (Å²) in [4.78, 5) is 11.1. The number of phenols is 2. The van der Waals surface area contributed by atoms with E-state index in [0.29, 0.717) is 6.29 Å². The molecule has 2 N–H and O–H groups in total. The van der Waals surface area contributed by atoms with E-state index in [2.05, 4.69) is 0 Å². The van der Waals surface area contributed by atoms with E-state index in [-0.39, 0.29) is 22.4 Å². The highest BCUT2D eigenvalue weighted by atomic mass is 19.4. The molecule has 2 aromatic carbocycles. The molecule has 0 saturated heterocycles. The van der Waals surface area contributed by atoms with Crippen molar-refractivity contribution in [2.45, 2.75) is 6.18 Å². The first kappa shape index (κ1) is 15.7. The van der Waals surface area contributed by atoms with Crippen LogP contribution in [0.1, 0.15) is 15.9 Å². The molecule has 0 atom stereocenters. The van der Waals surface area contributed by atoms with Gasteiger partial charge in [-0.1, -0.05) is 12.1 Å². The van der Waals surface area contributed by atoms with Crippen LogP contribution in [0.2, 0.25) is 0 Å². The molecule has 0 radical (unpaired) electrons. The van der Waals surface area contributed by atoms with E-state index in [1.165, 1.54) is 25.3 Å². The highest BCUT2D eigenvalue weighted by Gasteiger charge is 2.30. The van der Waals surface area contributed by atoms with Gasteiger partial charge in [0.05, 0.1) is 18.2 Å². The summed E-state index contributed by atoms with van der Waals surface area (Å²) in [5.74, 6) is -1.40. The van der Waals surface area contributed by atoms with Crippen molar-refractivity contribution in [3.05, 3.63) is 41.5 Å². The molecule has 0 amide bonds. The maximum atomic E-state index is 12.6. The summed E-state index contributed by atoms with van der Waals surface area (Å²) in [5, 5.41) is 19.4. The van der Waals surface area contributed by atoms with E-state index in [1.807, 2.05) is 0 Å². The smallest absolute Gasteiger partial charge is 0.416 e. The van der Waals surface area contributed by atoms with Gasteiger partial charge in [-0.15, -0.1) is 0 Å². The molecule has 0 aromatic heterocycles. The summed E-state index contributed by atoms with van der Waals surface area (Å²) in [6.45, 7) is 0. The molecule has 0 heterocycles. The van der Waals surface area contributed by atoms with Crippen molar-refractivity contribution < 1.29 is 32.9 Å². The summed E-state index contributed by atoms with van der Waals surface area (Å²) in [7, 11) is 1.24. The predicted octanol–water partition coefficient (Wildman–Crippen LogP) is 3.60. The molecule has 7 heteroatoms. The molecular formula is C15H11F3O4. The topological polar surface area (TPSA) is 66.8 Å².